The Hall–Kier alpha value is -0.520. The fraction of sp³-hybridized carbons (Fsp3) is 0.750. The van der Waals surface area contributed by atoms with Crippen LogP contribution in [0.4, 0.5) is 0 Å². The SMILES string of the molecule is CC=C=CCN(C)C1CCCCC1. The lowest BCUT2D eigenvalue weighted by molar-refractivity contribution is 0.209. The molecule has 13 heavy (non-hydrogen) atoms. The van der Waals surface area contributed by atoms with Gasteiger partial charge in [0.1, 0.15) is 0 Å². The summed E-state index contributed by atoms with van der Waals surface area (Å²) in [5.74, 6) is 0. The Labute approximate surface area is 82.1 Å². The molecule has 0 radical (unpaired) electrons. The van der Waals surface area contributed by atoms with Gasteiger partial charge in [-0.1, -0.05) is 19.3 Å². The van der Waals surface area contributed by atoms with Crippen LogP contribution in [0.5, 0.6) is 0 Å². The van der Waals surface area contributed by atoms with Crippen LogP contribution in [0, 0.1) is 0 Å². The van der Waals surface area contributed by atoms with Crippen LogP contribution in [0.2, 0.25) is 0 Å². The van der Waals surface area contributed by atoms with Crippen molar-refractivity contribution in [3.05, 3.63) is 17.9 Å². The van der Waals surface area contributed by atoms with Gasteiger partial charge in [-0.15, -0.1) is 5.73 Å². The van der Waals surface area contributed by atoms with Gasteiger partial charge in [0.05, 0.1) is 0 Å². The summed E-state index contributed by atoms with van der Waals surface area (Å²) >= 11 is 0. The normalized spacial score (nSPS) is 18.4. The first kappa shape index (κ1) is 10.6. The van der Waals surface area contributed by atoms with Crippen LogP contribution >= 0.6 is 0 Å². The number of rotatable bonds is 3. The average molecular weight is 179 g/mol. The minimum atomic E-state index is 0.823. The van der Waals surface area contributed by atoms with E-state index in [1.807, 2.05) is 13.0 Å². The molecule has 0 aromatic carbocycles. The highest BCUT2D eigenvalue weighted by atomic mass is 15.1. The number of hydrogen-bond donors (Lipinski definition) is 0. The van der Waals surface area contributed by atoms with E-state index in [4.69, 9.17) is 0 Å². The predicted molar refractivity (Wildman–Crippen MR) is 57.8 cm³/mol. The van der Waals surface area contributed by atoms with Crippen molar-refractivity contribution < 1.29 is 0 Å². The van der Waals surface area contributed by atoms with E-state index in [-0.39, 0.29) is 0 Å². The largest absolute Gasteiger partial charge is 0.299 e. The molecule has 0 heterocycles. The first-order valence-electron chi connectivity index (χ1n) is 5.40. The smallest absolute Gasteiger partial charge is 0.0238 e. The minimum absolute atomic E-state index is 0.823. The fourth-order valence-electron chi connectivity index (χ4n) is 1.99. The van der Waals surface area contributed by atoms with Crippen LogP contribution in [0.1, 0.15) is 39.0 Å². The Morgan fingerprint density at radius 3 is 2.62 bits per heavy atom. The van der Waals surface area contributed by atoms with Crippen molar-refractivity contribution in [2.45, 2.75) is 45.1 Å². The Bertz CT molecular complexity index is 183. The Balaban J connectivity index is 2.28. The summed E-state index contributed by atoms with van der Waals surface area (Å²) in [5, 5.41) is 0. The van der Waals surface area contributed by atoms with Gasteiger partial charge in [0.25, 0.3) is 0 Å². The summed E-state index contributed by atoms with van der Waals surface area (Å²) in [6.07, 6.45) is 11.1. The van der Waals surface area contributed by atoms with Crippen LogP contribution in [-0.2, 0) is 0 Å². The second kappa shape index (κ2) is 6.01. The van der Waals surface area contributed by atoms with Gasteiger partial charge in [0.15, 0.2) is 0 Å². The third-order valence-electron chi connectivity index (χ3n) is 2.86. The van der Waals surface area contributed by atoms with E-state index in [2.05, 4.69) is 23.8 Å². The molecule has 1 heteroatoms. The zero-order valence-electron chi connectivity index (χ0n) is 8.92. The molecule has 0 bridgehead atoms. The molecule has 0 atom stereocenters. The summed E-state index contributed by atoms with van der Waals surface area (Å²) < 4.78 is 0. The highest BCUT2D eigenvalue weighted by Crippen LogP contribution is 2.21. The molecule has 0 unspecified atom stereocenters. The van der Waals surface area contributed by atoms with E-state index in [9.17, 15) is 0 Å². The topological polar surface area (TPSA) is 3.24 Å². The zero-order chi connectivity index (χ0) is 9.52. The van der Waals surface area contributed by atoms with Gasteiger partial charge in [-0.2, -0.15) is 0 Å². The summed E-state index contributed by atoms with van der Waals surface area (Å²) in [7, 11) is 2.23. The molecule has 0 N–H and O–H groups in total. The molecular formula is C12H21N. The second-order valence-electron chi connectivity index (χ2n) is 3.89. The van der Waals surface area contributed by atoms with E-state index in [1.165, 1.54) is 32.1 Å². The lowest BCUT2D eigenvalue weighted by Crippen LogP contribution is -2.33. The third kappa shape index (κ3) is 3.80. The first-order chi connectivity index (χ1) is 6.34. The van der Waals surface area contributed by atoms with Gasteiger partial charge in [0, 0.05) is 12.6 Å². The van der Waals surface area contributed by atoms with Gasteiger partial charge < -0.3 is 0 Å². The van der Waals surface area contributed by atoms with Crippen molar-refractivity contribution in [2.75, 3.05) is 13.6 Å². The molecule has 0 aliphatic heterocycles. The van der Waals surface area contributed by atoms with E-state index in [0.29, 0.717) is 0 Å². The van der Waals surface area contributed by atoms with E-state index >= 15 is 0 Å². The first-order valence-corrected chi connectivity index (χ1v) is 5.40. The molecule has 1 aliphatic carbocycles. The van der Waals surface area contributed by atoms with Crippen molar-refractivity contribution in [1.29, 1.82) is 0 Å². The predicted octanol–water partition coefficient (Wildman–Crippen LogP) is 2.98. The average Bonchev–Trinajstić information content (AvgIpc) is 2.19. The molecule has 0 saturated heterocycles. The molecule has 0 amide bonds. The highest BCUT2D eigenvalue weighted by molar-refractivity contribution is 4.86. The van der Waals surface area contributed by atoms with E-state index in [0.717, 1.165) is 12.6 Å². The van der Waals surface area contributed by atoms with E-state index in [1.54, 1.807) is 0 Å². The van der Waals surface area contributed by atoms with Gasteiger partial charge in [-0.05, 0) is 39.0 Å². The molecular weight excluding hydrogens is 158 g/mol. The maximum absolute atomic E-state index is 3.13. The molecule has 74 valence electrons. The van der Waals surface area contributed by atoms with Gasteiger partial charge >= 0.3 is 0 Å². The van der Waals surface area contributed by atoms with Gasteiger partial charge in [-0.25, -0.2) is 0 Å². The Morgan fingerprint density at radius 2 is 2.00 bits per heavy atom. The quantitative estimate of drug-likeness (QED) is 0.602. The molecule has 1 fully saturated rings. The third-order valence-corrected chi connectivity index (χ3v) is 2.86. The summed E-state index contributed by atoms with van der Waals surface area (Å²) in [6, 6.07) is 0.823. The van der Waals surface area contributed by atoms with Crippen LogP contribution in [0.3, 0.4) is 0 Å². The van der Waals surface area contributed by atoms with Crippen LogP contribution in [0.25, 0.3) is 0 Å². The minimum Gasteiger partial charge on any atom is -0.299 e. The van der Waals surface area contributed by atoms with Crippen molar-refractivity contribution in [3.63, 3.8) is 0 Å². The maximum atomic E-state index is 3.13. The maximum Gasteiger partial charge on any atom is 0.0238 e. The van der Waals surface area contributed by atoms with E-state index < -0.39 is 0 Å². The molecule has 1 saturated carbocycles. The lowest BCUT2D eigenvalue weighted by Gasteiger charge is -2.30. The number of hydrogen-bond acceptors (Lipinski definition) is 1. The van der Waals surface area contributed by atoms with Crippen molar-refractivity contribution in [1.82, 2.24) is 4.90 Å². The molecule has 1 rings (SSSR count). The van der Waals surface area contributed by atoms with Crippen LogP contribution in [0.15, 0.2) is 17.9 Å². The summed E-state index contributed by atoms with van der Waals surface area (Å²) in [4.78, 5) is 2.45. The second-order valence-corrected chi connectivity index (χ2v) is 3.89. The van der Waals surface area contributed by atoms with Crippen molar-refractivity contribution >= 4 is 0 Å². The fourth-order valence-corrected chi connectivity index (χ4v) is 1.99. The monoisotopic (exact) mass is 179 g/mol. The Morgan fingerprint density at radius 1 is 1.31 bits per heavy atom. The molecule has 0 aromatic heterocycles. The number of likely N-dealkylation sites (N-methyl/N-ethyl adjacent to an activating group) is 1. The zero-order valence-corrected chi connectivity index (χ0v) is 8.92. The molecule has 0 spiro atoms. The number of nitrogens with zero attached hydrogens (tertiary/aromatic N) is 1. The van der Waals surface area contributed by atoms with Crippen molar-refractivity contribution in [3.8, 4) is 0 Å². The molecule has 0 aromatic rings. The summed E-state index contributed by atoms with van der Waals surface area (Å²) in [5.41, 5.74) is 3.13. The highest BCUT2D eigenvalue weighted by Gasteiger charge is 2.16. The van der Waals surface area contributed by atoms with Gasteiger partial charge in [0.2, 0.25) is 0 Å². The Kier molecular flexibility index (Phi) is 4.88. The summed E-state index contributed by atoms with van der Waals surface area (Å²) in [6.45, 7) is 3.06. The molecule has 1 nitrogen and oxygen atoms in total. The van der Waals surface area contributed by atoms with Crippen molar-refractivity contribution in [2.24, 2.45) is 0 Å². The van der Waals surface area contributed by atoms with Crippen LogP contribution < -0.4 is 0 Å². The standard InChI is InChI=1S/C12H21N/c1-3-4-8-11-13(2)12-9-6-5-7-10-12/h3,8,12H,5-7,9-11H2,1-2H3. The lowest BCUT2D eigenvalue weighted by atomic mass is 9.94. The van der Waals surface area contributed by atoms with Gasteiger partial charge in [-0.3, -0.25) is 4.90 Å². The molecule has 1 aliphatic rings. The van der Waals surface area contributed by atoms with Crippen LogP contribution in [-0.4, -0.2) is 24.5 Å².